The molecule has 1 heterocycles. The van der Waals surface area contributed by atoms with Crippen LogP contribution in [0.15, 0.2) is 22.7 Å². The molecule has 1 saturated heterocycles. The molecule has 3 nitrogen and oxygen atoms in total. The Hall–Kier alpha value is -0.490. The van der Waals surface area contributed by atoms with Crippen molar-refractivity contribution in [3.63, 3.8) is 0 Å². The first-order chi connectivity index (χ1) is 9.06. The number of methoxy groups -OCH3 is 1. The van der Waals surface area contributed by atoms with Crippen molar-refractivity contribution in [1.29, 1.82) is 0 Å². The Morgan fingerprint density at radius 1 is 1.58 bits per heavy atom. The Bertz CT molecular complexity index is 435. The van der Waals surface area contributed by atoms with E-state index >= 15 is 0 Å². The maximum absolute atomic E-state index is 13.1. The van der Waals surface area contributed by atoms with E-state index in [2.05, 4.69) is 28.2 Å². The standard InChI is InChI=1S/C14H19BrFNO2/c1-10(12-4-3-11(16)7-13(12)15)17-8-14(18-2)5-6-19-9-14/h3-4,7,10,17H,5-6,8-9H2,1-2H3. The SMILES string of the molecule is COC1(CNC(C)c2ccc(F)cc2Br)CCOC1. The van der Waals surface area contributed by atoms with E-state index in [4.69, 9.17) is 9.47 Å². The van der Waals surface area contributed by atoms with Gasteiger partial charge in [0.2, 0.25) is 0 Å². The highest BCUT2D eigenvalue weighted by atomic mass is 79.9. The summed E-state index contributed by atoms with van der Waals surface area (Å²) in [6, 6.07) is 4.87. The molecule has 1 N–H and O–H groups in total. The summed E-state index contributed by atoms with van der Waals surface area (Å²) in [6.07, 6.45) is 0.897. The van der Waals surface area contributed by atoms with E-state index in [9.17, 15) is 4.39 Å². The summed E-state index contributed by atoms with van der Waals surface area (Å²) < 4.78 is 24.8. The fraction of sp³-hybridized carbons (Fsp3) is 0.571. The Balaban J connectivity index is 1.99. The Morgan fingerprint density at radius 3 is 2.95 bits per heavy atom. The molecule has 1 aliphatic rings. The van der Waals surface area contributed by atoms with Gasteiger partial charge >= 0.3 is 0 Å². The normalized spacial score (nSPS) is 24.6. The quantitative estimate of drug-likeness (QED) is 0.899. The molecule has 2 rings (SSSR count). The van der Waals surface area contributed by atoms with Gasteiger partial charge in [0.15, 0.2) is 0 Å². The Morgan fingerprint density at radius 2 is 2.37 bits per heavy atom. The van der Waals surface area contributed by atoms with Gasteiger partial charge in [-0.25, -0.2) is 4.39 Å². The minimum atomic E-state index is -0.236. The third-order valence-electron chi connectivity index (χ3n) is 3.66. The van der Waals surface area contributed by atoms with Gasteiger partial charge in [-0.3, -0.25) is 0 Å². The summed E-state index contributed by atoms with van der Waals surface area (Å²) in [4.78, 5) is 0. The molecule has 2 atom stereocenters. The van der Waals surface area contributed by atoms with Gasteiger partial charge in [-0.15, -0.1) is 0 Å². The van der Waals surface area contributed by atoms with Crippen LogP contribution in [0.2, 0.25) is 0 Å². The predicted molar refractivity (Wildman–Crippen MR) is 75.7 cm³/mol. The zero-order chi connectivity index (χ0) is 13.9. The summed E-state index contributed by atoms with van der Waals surface area (Å²) in [7, 11) is 1.72. The topological polar surface area (TPSA) is 30.5 Å². The molecule has 0 spiro atoms. The Labute approximate surface area is 121 Å². The van der Waals surface area contributed by atoms with Crippen LogP contribution >= 0.6 is 15.9 Å². The molecule has 5 heteroatoms. The van der Waals surface area contributed by atoms with Crippen molar-refractivity contribution in [2.75, 3.05) is 26.9 Å². The largest absolute Gasteiger partial charge is 0.378 e. The van der Waals surface area contributed by atoms with Crippen molar-refractivity contribution in [2.24, 2.45) is 0 Å². The molecule has 0 amide bonds. The molecule has 0 saturated carbocycles. The molecule has 1 aliphatic heterocycles. The second kappa shape index (κ2) is 6.31. The lowest BCUT2D eigenvalue weighted by Crippen LogP contribution is -2.43. The van der Waals surface area contributed by atoms with E-state index < -0.39 is 0 Å². The first-order valence-corrected chi connectivity index (χ1v) is 7.17. The van der Waals surface area contributed by atoms with Crippen LogP contribution in [0.3, 0.4) is 0 Å². The molecule has 1 aromatic carbocycles. The van der Waals surface area contributed by atoms with Crippen LogP contribution in [-0.2, 0) is 9.47 Å². The van der Waals surface area contributed by atoms with Gasteiger partial charge in [-0.05, 0) is 24.6 Å². The molecular weight excluding hydrogens is 313 g/mol. The summed E-state index contributed by atoms with van der Waals surface area (Å²) >= 11 is 3.40. The molecule has 0 aromatic heterocycles. The van der Waals surface area contributed by atoms with Crippen molar-refractivity contribution in [2.45, 2.75) is 25.0 Å². The van der Waals surface area contributed by atoms with Crippen LogP contribution < -0.4 is 5.32 Å². The van der Waals surface area contributed by atoms with Crippen molar-refractivity contribution in [3.05, 3.63) is 34.1 Å². The van der Waals surface area contributed by atoms with Crippen molar-refractivity contribution < 1.29 is 13.9 Å². The molecule has 0 bridgehead atoms. The van der Waals surface area contributed by atoms with E-state index in [0.717, 1.165) is 23.1 Å². The number of benzene rings is 1. The lowest BCUT2D eigenvalue weighted by molar-refractivity contribution is -0.0172. The van der Waals surface area contributed by atoms with Gasteiger partial charge in [0.05, 0.1) is 6.61 Å². The molecular formula is C14H19BrFNO2. The minimum absolute atomic E-state index is 0.114. The molecule has 2 unspecified atom stereocenters. The van der Waals surface area contributed by atoms with E-state index in [0.29, 0.717) is 13.2 Å². The van der Waals surface area contributed by atoms with Gasteiger partial charge in [0.25, 0.3) is 0 Å². The lowest BCUT2D eigenvalue weighted by Gasteiger charge is -2.28. The molecule has 1 fully saturated rings. The van der Waals surface area contributed by atoms with Crippen molar-refractivity contribution in [1.82, 2.24) is 5.32 Å². The van der Waals surface area contributed by atoms with Gasteiger partial charge < -0.3 is 14.8 Å². The van der Waals surface area contributed by atoms with Crippen LogP contribution in [-0.4, -0.2) is 32.5 Å². The van der Waals surface area contributed by atoms with Crippen molar-refractivity contribution >= 4 is 15.9 Å². The van der Waals surface area contributed by atoms with Crippen LogP contribution in [0.4, 0.5) is 4.39 Å². The molecule has 19 heavy (non-hydrogen) atoms. The number of nitrogens with one attached hydrogen (secondary N) is 1. The summed E-state index contributed by atoms with van der Waals surface area (Å²) in [5, 5.41) is 3.44. The number of hydrogen-bond acceptors (Lipinski definition) is 3. The average molecular weight is 332 g/mol. The van der Waals surface area contributed by atoms with Gasteiger partial charge in [0.1, 0.15) is 11.4 Å². The predicted octanol–water partition coefficient (Wildman–Crippen LogP) is 3.04. The van der Waals surface area contributed by atoms with E-state index in [1.165, 1.54) is 12.1 Å². The minimum Gasteiger partial charge on any atom is -0.378 e. The van der Waals surface area contributed by atoms with E-state index in [-0.39, 0.29) is 17.5 Å². The lowest BCUT2D eigenvalue weighted by atomic mass is 10.0. The molecule has 0 radical (unpaired) electrons. The second-order valence-electron chi connectivity index (χ2n) is 4.96. The average Bonchev–Trinajstić information content (AvgIpc) is 2.85. The third kappa shape index (κ3) is 3.54. The van der Waals surface area contributed by atoms with E-state index in [1.54, 1.807) is 13.2 Å². The molecule has 106 valence electrons. The summed E-state index contributed by atoms with van der Waals surface area (Å²) in [5.74, 6) is -0.236. The Kier molecular flexibility index (Phi) is 4.95. The highest BCUT2D eigenvalue weighted by molar-refractivity contribution is 9.10. The van der Waals surface area contributed by atoms with Crippen LogP contribution in [0.25, 0.3) is 0 Å². The highest BCUT2D eigenvalue weighted by Gasteiger charge is 2.35. The third-order valence-corrected chi connectivity index (χ3v) is 4.35. The zero-order valence-corrected chi connectivity index (χ0v) is 12.8. The molecule has 0 aliphatic carbocycles. The van der Waals surface area contributed by atoms with Crippen LogP contribution in [0.5, 0.6) is 0 Å². The number of hydrogen-bond donors (Lipinski definition) is 1. The smallest absolute Gasteiger partial charge is 0.124 e. The first kappa shape index (κ1) is 14.9. The first-order valence-electron chi connectivity index (χ1n) is 6.37. The van der Waals surface area contributed by atoms with Crippen molar-refractivity contribution in [3.8, 4) is 0 Å². The number of halogens is 2. The number of ether oxygens (including phenoxy) is 2. The monoisotopic (exact) mass is 331 g/mol. The fourth-order valence-electron chi connectivity index (χ4n) is 2.26. The number of rotatable bonds is 5. The summed E-state index contributed by atoms with van der Waals surface area (Å²) in [5.41, 5.74) is 0.799. The van der Waals surface area contributed by atoms with Crippen LogP contribution in [0.1, 0.15) is 24.9 Å². The highest BCUT2D eigenvalue weighted by Crippen LogP contribution is 2.26. The second-order valence-corrected chi connectivity index (χ2v) is 5.81. The zero-order valence-electron chi connectivity index (χ0n) is 11.2. The van der Waals surface area contributed by atoms with Gasteiger partial charge in [0, 0.05) is 37.2 Å². The maximum atomic E-state index is 13.1. The van der Waals surface area contributed by atoms with E-state index in [1.807, 2.05) is 0 Å². The fourth-order valence-corrected chi connectivity index (χ4v) is 2.96. The summed E-state index contributed by atoms with van der Waals surface area (Å²) in [6.45, 7) is 4.13. The van der Waals surface area contributed by atoms with Crippen LogP contribution in [0, 0.1) is 5.82 Å². The van der Waals surface area contributed by atoms with Gasteiger partial charge in [-0.2, -0.15) is 0 Å². The van der Waals surface area contributed by atoms with Gasteiger partial charge in [-0.1, -0.05) is 22.0 Å². The molecule has 1 aromatic rings. The maximum Gasteiger partial charge on any atom is 0.124 e.